The lowest BCUT2D eigenvalue weighted by molar-refractivity contribution is 0.0927. The van der Waals surface area contributed by atoms with Crippen LogP contribution < -0.4 is 5.43 Å². The van der Waals surface area contributed by atoms with E-state index in [1.54, 1.807) is 24.5 Å². The molecule has 0 saturated carbocycles. The van der Waals surface area contributed by atoms with E-state index in [2.05, 4.69) is 15.5 Å². The summed E-state index contributed by atoms with van der Waals surface area (Å²) in [6, 6.07) is 12.8. The van der Waals surface area contributed by atoms with Crippen molar-refractivity contribution in [3.63, 3.8) is 0 Å². The molecule has 0 bridgehead atoms. The molecule has 1 aromatic carbocycles. The first-order valence-electron chi connectivity index (χ1n) is 6.05. The van der Waals surface area contributed by atoms with E-state index in [9.17, 15) is 4.79 Å². The molecule has 3 aromatic rings. The zero-order valence-electron chi connectivity index (χ0n) is 10.5. The minimum Gasteiger partial charge on any atom is -0.459 e. The molecule has 0 aliphatic heterocycles. The Morgan fingerprint density at radius 1 is 1.20 bits per heavy atom. The minimum atomic E-state index is -0.385. The lowest BCUT2D eigenvalue weighted by atomic mass is 10.1. The van der Waals surface area contributed by atoms with Crippen LogP contribution in [0.5, 0.6) is 0 Å². The monoisotopic (exact) mass is 265 g/mol. The molecule has 1 N–H and O–H groups in total. The molecule has 0 aliphatic carbocycles. The number of hydrazone groups is 1. The van der Waals surface area contributed by atoms with Crippen LogP contribution in [0.4, 0.5) is 0 Å². The minimum absolute atomic E-state index is 0.224. The van der Waals surface area contributed by atoms with Gasteiger partial charge in [-0.15, -0.1) is 0 Å². The average molecular weight is 265 g/mol. The number of pyridine rings is 1. The first-order chi connectivity index (χ1) is 9.84. The number of carbonyl (C=O) groups excluding carboxylic acids is 1. The van der Waals surface area contributed by atoms with Gasteiger partial charge in [0.25, 0.3) is 0 Å². The van der Waals surface area contributed by atoms with Gasteiger partial charge in [-0.1, -0.05) is 18.2 Å². The molecule has 0 aliphatic rings. The summed E-state index contributed by atoms with van der Waals surface area (Å²) in [6.45, 7) is 0. The summed E-state index contributed by atoms with van der Waals surface area (Å²) in [4.78, 5) is 15.9. The fourth-order valence-corrected chi connectivity index (χ4v) is 1.85. The van der Waals surface area contributed by atoms with Crippen molar-refractivity contribution in [1.29, 1.82) is 0 Å². The topological polar surface area (TPSA) is 67.5 Å². The van der Waals surface area contributed by atoms with Gasteiger partial charge in [-0.2, -0.15) is 5.10 Å². The summed E-state index contributed by atoms with van der Waals surface area (Å²) < 4.78 is 4.97. The highest BCUT2D eigenvalue weighted by Crippen LogP contribution is 2.14. The van der Waals surface area contributed by atoms with Crippen molar-refractivity contribution in [1.82, 2.24) is 10.4 Å². The molecule has 98 valence electrons. The van der Waals surface area contributed by atoms with Gasteiger partial charge in [0.1, 0.15) is 0 Å². The van der Waals surface area contributed by atoms with E-state index in [0.29, 0.717) is 0 Å². The highest BCUT2D eigenvalue weighted by atomic mass is 16.3. The zero-order valence-corrected chi connectivity index (χ0v) is 10.5. The lowest BCUT2D eigenvalue weighted by Crippen LogP contribution is -2.16. The summed E-state index contributed by atoms with van der Waals surface area (Å²) >= 11 is 0. The van der Waals surface area contributed by atoms with E-state index in [1.807, 2.05) is 30.3 Å². The van der Waals surface area contributed by atoms with Crippen molar-refractivity contribution in [3.05, 3.63) is 66.2 Å². The Hall–Kier alpha value is -2.95. The van der Waals surface area contributed by atoms with Gasteiger partial charge in [0, 0.05) is 17.1 Å². The maximum Gasteiger partial charge on any atom is 0.307 e. The second-order valence-corrected chi connectivity index (χ2v) is 4.09. The zero-order chi connectivity index (χ0) is 13.8. The first-order valence-corrected chi connectivity index (χ1v) is 6.05. The second kappa shape index (κ2) is 5.36. The van der Waals surface area contributed by atoms with Crippen LogP contribution in [0.3, 0.4) is 0 Å². The molecule has 2 heterocycles. The number of nitrogens with zero attached hydrogens (tertiary/aromatic N) is 2. The quantitative estimate of drug-likeness (QED) is 0.584. The molecule has 0 fully saturated rings. The van der Waals surface area contributed by atoms with E-state index in [0.717, 1.165) is 16.5 Å². The van der Waals surface area contributed by atoms with Gasteiger partial charge < -0.3 is 4.42 Å². The third kappa shape index (κ3) is 2.42. The molecule has 1 amide bonds. The van der Waals surface area contributed by atoms with Crippen LogP contribution in [0.1, 0.15) is 16.1 Å². The van der Waals surface area contributed by atoms with Crippen LogP contribution in [0, 0.1) is 0 Å². The average Bonchev–Trinajstić information content (AvgIpc) is 3.02. The van der Waals surface area contributed by atoms with Crippen LogP contribution in [-0.4, -0.2) is 17.1 Å². The number of benzene rings is 1. The molecule has 0 unspecified atom stereocenters. The standard InChI is InChI=1S/C15H11N3O2/c19-15(14-6-3-9-20-14)18-17-10-11-7-8-16-13-5-2-1-4-12(11)13/h1-10H,(H,18,19). The Morgan fingerprint density at radius 3 is 2.95 bits per heavy atom. The van der Waals surface area contributed by atoms with Crippen molar-refractivity contribution in [2.24, 2.45) is 5.10 Å². The smallest absolute Gasteiger partial charge is 0.307 e. The number of furan rings is 1. The Morgan fingerprint density at radius 2 is 2.10 bits per heavy atom. The van der Waals surface area contributed by atoms with Gasteiger partial charge in [-0.25, -0.2) is 5.43 Å². The SMILES string of the molecule is O=C(NN=Cc1ccnc2ccccc12)c1ccco1. The molecule has 0 atom stereocenters. The number of hydrogen-bond donors (Lipinski definition) is 1. The number of hydrogen-bond acceptors (Lipinski definition) is 4. The molecule has 0 radical (unpaired) electrons. The van der Waals surface area contributed by atoms with E-state index < -0.39 is 0 Å². The summed E-state index contributed by atoms with van der Waals surface area (Å²) in [7, 11) is 0. The first kappa shape index (κ1) is 12.1. The third-order valence-corrected chi connectivity index (χ3v) is 2.80. The highest BCUT2D eigenvalue weighted by Gasteiger charge is 2.06. The number of nitrogens with one attached hydrogen (secondary N) is 1. The van der Waals surface area contributed by atoms with E-state index in [4.69, 9.17) is 4.42 Å². The largest absolute Gasteiger partial charge is 0.459 e. The van der Waals surface area contributed by atoms with Gasteiger partial charge in [-0.05, 0) is 24.3 Å². The summed E-state index contributed by atoms with van der Waals surface area (Å²) in [5.74, 6) is -0.161. The summed E-state index contributed by atoms with van der Waals surface area (Å²) in [6.07, 6.45) is 4.73. The number of fused-ring (bicyclic) bond motifs is 1. The van der Waals surface area contributed by atoms with Crippen molar-refractivity contribution >= 4 is 23.0 Å². The maximum atomic E-state index is 11.6. The fraction of sp³-hybridized carbons (Fsp3) is 0. The van der Waals surface area contributed by atoms with Crippen molar-refractivity contribution in [3.8, 4) is 0 Å². The van der Waals surface area contributed by atoms with Crippen LogP contribution in [-0.2, 0) is 0 Å². The van der Waals surface area contributed by atoms with Gasteiger partial charge in [-0.3, -0.25) is 9.78 Å². The molecule has 0 spiro atoms. The van der Waals surface area contributed by atoms with Crippen LogP contribution in [0.2, 0.25) is 0 Å². The number of carbonyl (C=O) groups is 1. The Labute approximate surface area is 114 Å². The van der Waals surface area contributed by atoms with Crippen molar-refractivity contribution < 1.29 is 9.21 Å². The molecule has 5 heteroatoms. The molecular formula is C15H11N3O2. The van der Waals surface area contributed by atoms with Gasteiger partial charge in [0.2, 0.25) is 0 Å². The number of amides is 1. The predicted molar refractivity (Wildman–Crippen MR) is 75.5 cm³/mol. The highest BCUT2D eigenvalue weighted by molar-refractivity contribution is 5.99. The summed E-state index contributed by atoms with van der Waals surface area (Å²) in [5.41, 5.74) is 4.18. The molecular weight excluding hydrogens is 254 g/mol. The van der Waals surface area contributed by atoms with E-state index in [1.165, 1.54) is 6.26 Å². The number of aromatic nitrogens is 1. The van der Waals surface area contributed by atoms with Crippen LogP contribution in [0.15, 0.2) is 64.4 Å². The predicted octanol–water partition coefficient (Wildman–Crippen LogP) is 2.59. The van der Waals surface area contributed by atoms with E-state index in [-0.39, 0.29) is 11.7 Å². The Balaban J connectivity index is 1.79. The normalized spacial score (nSPS) is 11.0. The molecule has 0 saturated heterocycles. The lowest BCUT2D eigenvalue weighted by Gasteiger charge is -2.00. The molecule has 20 heavy (non-hydrogen) atoms. The number of para-hydroxylation sites is 1. The van der Waals surface area contributed by atoms with Crippen molar-refractivity contribution in [2.45, 2.75) is 0 Å². The molecule has 5 nitrogen and oxygen atoms in total. The molecule has 2 aromatic heterocycles. The van der Waals surface area contributed by atoms with Crippen LogP contribution in [0.25, 0.3) is 10.9 Å². The third-order valence-electron chi connectivity index (χ3n) is 2.80. The molecule has 3 rings (SSSR count). The maximum absolute atomic E-state index is 11.6. The van der Waals surface area contributed by atoms with Gasteiger partial charge >= 0.3 is 5.91 Å². The second-order valence-electron chi connectivity index (χ2n) is 4.09. The van der Waals surface area contributed by atoms with Gasteiger partial charge in [0.15, 0.2) is 5.76 Å². The van der Waals surface area contributed by atoms with Gasteiger partial charge in [0.05, 0.1) is 18.0 Å². The Bertz CT molecular complexity index is 758. The van der Waals surface area contributed by atoms with Crippen molar-refractivity contribution in [2.75, 3.05) is 0 Å². The number of rotatable bonds is 3. The summed E-state index contributed by atoms with van der Waals surface area (Å²) in [5, 5.41) is 4.91. The van der Waals surface area contributed by atoms with Crippen LogP contribution >= 0.6 is 0 Å². The van der Waals surface area contributed by atoms with E-state index >= 15 is 0 Å². The fourth-order valence-electron chi connectivity index (χ4n) is 1.85. The Kier molecular flexibility index (Phi) is 3.24.